The third-order valence-electron chi connectivity index (χ3n) is 2.12. The maximum atomic E-state index is 2.25. The van der Waals surface area contributed by atoms with E-state index in [1.165, 1.54) is 11.1 Å². The molecule has 1 aromatic rings. The fraction of sp³-hybridized carbons (Fsp3) is 0.273. The van der Waals surface area contributed by atoms with E-state index in [-0.39, 0.29) is 0 Å². The van der Waals surface area contributed by atoms with E-state index in [0.717, 1.165) is 6.42 Å². The Labute approximate surface area is 87.8 Å². The smallest absolute Gasteiger partial charge is 0.0834 e. The Morgan fingerprint density at radius 2 is 1.69 bits per heavy atom. The largest absolute Gasteiger partial charge is 0.114 e. The lowest BCUT2D eigenvalue weighted by molar-refractivity contribution is 1.13. The van der Waals surface area contributed by atoms with Crippen LogP contribution in [0.15, 0.2) is 35.1 Å². The van der Waals surface area contributed by atoms with Crippen molar-refractivity contribution in [3.8, 4) is 0 Å². The summed E-state index contributed by atoms with van der Waals surface area (Å²) >= 11 is 3.78. The van der Waals surface area contributed by atoms with Crippen molar-refractivity contribution in [1.29, 1.82) is 0 Å². The van der Waals surface area contributed by atoms with Crippen molar-refractivity contribution < 1.29 is 0 Å². The first-order chi connectivity index (χ1) is 6.40. The molecule has 0 aromatic heterocycles. The van der Waals surface area contributed by atoms with Gasteiger partial charge in [0.2, 0.25) is 0 Å². The van der Waals surface area contributed by atoms with Crippen molar-refractivity contribution in [2.75, 3.05) is 0 Å². The molecule has 0 saturated carbocycles. The van der Waals surface area contributed by atoms with Crippen molar-refractivity contribution >= 4 is 23.5 Å². The molecular weight excluding hydrogens is 196 g/mol. The molecule has 0 radical (unpaired) electrons. The molecule has 2 rings (SSSR count). The van der Waals surface area contributed by atoms with Gasteiger partial charge in [-0.3, -0.25) is 0 Å². The van der Waals surface area contributed by atoms with Crippen LogP contribution in [0.4, 0.5) is 0 Å². The van der Waals surface area contributed by atoms with E-state index in [4.69, 9.17) is 0 Å². The first kappa shape index (κ1) is 9.22. The maximum Gasteiger partial charge on any atom is 0.0834 e. The average Bonchev–Trinajstić information content (AvgIpc) is 2.71. The molecule has 68 valence electrons. The van der Waals surface area contributed by atoms with Gasteiger partial charge >= 0.3 is 0 Å². The highest BCUT2D eigenvalue weighted by Gasteiger charge is 2.13. The molecule has 13 heavy (non-hydrogen) atoms. The SMILES string of the molecule is CCc1ccc(C2SC=CS2)cc1. The minimum Gasteiger partial charge on any atom is -0.114 e. The number of benzene rings is 1. The number of rotatable bonds is 2. The molecule has 0 nitrogen and oxygen atoms in total. The third kappa shape index (κ3) is 2.12. The van der Waals surface area contributed by atoms with Crippen LogP contribution in [0.3, 0.4) is 0 Å². The molecule has 1 aliphatic rings. The molecule has 1 aliphatic heterocycles. The number of thioether (sulfide) groups is 2. The summed E-state index contributed by atoms with van der Waals surface area (Å²) in [5.41, 5.74) is 2.85. The standard InChI is InChI=1S/C11H12S2/c1-2-9-3-5-10(6-4-9)11-12-7-8-13-11/h3-8,11H,2H2,1H3. The average molecular weight is 208 g/mol. The van der Waals surface area contributed by atoms with E-state index < -0.39 is 0 Å². The van der Waals surface area contributed by atoms with Crippen molar-refractivity contribution in [1.82, 2.24) is 0 Å². The predicted molar refractivity (Wildman–Crippen MR) is 62.9 cm³/mol. The molecule has 0 aliphatic carbocycles. The summed E-state index contributed by atoms with van der Waals surface area (Å²) in [5, 5.41) is 4.34. The van der Waals surface area contributed by atoms with Crippen LogP contribution in [0, 0.1) is 0 Å². The minimum absolute atomic E-state index is 0.589. The second-order valence-electron chi connectivity index (χ2n) is 2.97. The lowest BCUT2D eigenvalue weighted by Crippen LogP contribution is -1.85. The van der Waals surface area contributed by atoms with Gasteiger partial charge in [0.1, 0.15) is 0 Å². The molecule has 2 heteroatoms. The summed E-state index contributed by atoms with van der Waals surface area (Å²) in [6, 6.07) is 8.95. The second-order valence-corrected chi connectivity index (χ2v) is 5.30. The van der Waals surface area contributed by atoms with Gasteiger partial charge in [-0.15, -0.1) is 23.5 Å². The van der Waals surface area contributed by atoms with Gasteiger partial charge in [-0.2, -0.15) is 0 Å². The van der Waals surface area contributed by atoms with Crippen LogP contribution in [-0.4, -0.2) is 0 Å². The molecular formula is C11H12S2. The number of aryl methyl sites for hydroxylation is 1. The quantitative estimate of drug-likeness (QED) is 0.714. The summed E-state index contributed by atoms with van der Waals surface area (Å²) in [6.07, 6.45) is 1.13. The summed E-state index contributed by atoms with van der Waals surface area (Å²) in [7, 11) is 0. The third-order valence-corrected chi connectivity index (χ3v) is 4.58. The highest BCUT2D eigenvalue weighted by Crippen LogP contribution is 2.46. The Kier molecular flexibility index (Phi) is 3.01. The fourth-order valence-electron chi connectivity index (χ4n) is 1.31. The predicted octanol–water partition coefficient (Wildman–Crippen LogP) is 4.20. The summed E-state index contributed by atoms with van der Waals surface area (Å²) in [6.45, 7) is 2.19. The Bertz CT molecular complexity index is 292. The normalized spacial score (nSPS) is 16.7. The maximum absolute atomic E-state index is 2.25. The lowest BCUT2D eigenvalue weighted by Gasteiger charge is -2.08. The zero-order valence-corrected chi connectivity index (χ0v) is 9.20. The van der Waals surface area contributed by atoms with Gasteiger partial charge in [0.15, 0.2) is 0 Å². The fourth-order valence-corrected chi connectivity index (χ4v) is 3.38. The molecule has 1 heterocycles. The van der Waals surface area contributed by atoms with Gasteiger partial charge in [0.05, 0.1) is 4.58 Å². The zero-order chi connectivity index (χ0) is 9.10. The molecule has 0 spiro atoms. The van der Waals surface area contributed by atoms with Crippen LogP contribution < -0.4 is 0 Å². The highest BCUT2D eigenvalue weighted by molar-refractivity contribution is 8.21. The minimum atomic E-state index is 0.589. The van der Waals surface area contributed by atoms with E-state index in [2.05, 4.69) is 42.0 Å². The Hall–Kier alpha value is -0.340. The van der Waals surface area contributed by atoms with Crippen molar-refractivity contribution in [2.24, 2.45) is 0 Å². The number of hydrogen-bond donors (Lipinski definition) is 0. The van der Waals surface area contributed by atoms with E-state index in [0.29, 0.717) is 4.58 Å². The molecule has 0 fully saturated rings. The van der Waals surface area contributed by atoms with Crippen LogP contribution in [0.5, 0.6) is 0 Å². The first-order valence-corrected chi connectivity index (χ1v) is 6.33. The zero-order valence-electron chi connectivity index (χ0n) is 7.57. The summed E-state index contributed by atoms with van der Waals surface area (Å²) < 4.78 is 0.589. The summed E-state index contributed by atoms with van der Waals surface area (Å²) in [5.74, 6) is 0. The molecule has 0 bridgehead atoms. The van der Waals surface area contributed by atoms with Gasteiger partial charge in [0.25, 0.3) is 0 Å². The molecule has 0 amide bonds. The molecule has 1 aromatic carbocycles. The van der Waals surface area contributed by atoms with Gasteiger partial charge in [-0.25, -0.2) is 0 Å². The van der Waals surface area contributed by atoms with Crippen LogP contribution in [0.1, 0.15) is 22.6 Å². The molecule has 0 saturated heterocycles. The second kappa shape index (κ2) is 4.25. The van der Waals surface area contributed by atoms with Gasteiger partial charge in [-0.1, -0.05) is 31.2 Å². The Balaban J connectivity index is 2.13. The van der Waals surface area contributed by atoms with Crippen LogP contribution in [0.2, 0.25) is 0 Å². The van der Waals surface area contributed by atoms with E-state index in [9.17, 15) is 0 Å². The van der Waals surface area contributed by atoms with E-state index in [1.54, 1.807) is 0 Å². The van der Waals surface area contributed by atoms with Crippen LogP contribution >= 0.6 is 23.5 Å². The molecule has 0 atom stereocenters. The topological polar surface area (TPSA) is 0 Å². The Morgan fingerprint density at radius 1 is 1.08 bits per heavy atom. The molecule has 0 unspecified atom stereocenters. The van der Waals surface area contributed by atoms with E-state index >= 15 is 0 Å². The Morgan fingerprint density at radius 3 is 2.23 bits per heavy atom. The van der Waals surface area contributed by atoms with Crippen LogP contribution in [-0.2, 0) is 6.42 Å². The monoisotopic (exact) mass is 208 g/mol. The van der Waals surface area contributed by atoms with Gasteiger partial charge in [0, 0.05) is 0 Å². The highest BCUT2D eigenvalue weighted by atomic mass is 32.2. The van der Waals surface area contributed by atoms with Gasteiger partial charge < -0.3 is 0 Å². The van der Waals surface area contributed by atoms with Crippen molar-refractivity contribution in [2.45, 2.75) is 17.9 Å². The lowest BCUT2D eigenvalue weighted by atomic mass is 10.1. The summed E-state index contributed by atoms with van der Waals surface area (Å²) in [4.78, 5) is 0. The van der Waals surface area contributed by atoms with Crippen molar-refractivity contribution in [3.05, 3.63) is 46.2 Å². The van der Waals surface area contributed by atoms with Crippen LogP contribution in [0.25, 0.3) is 0 Å². The van der Waals surface area contributed by atoms with E-state index in [1.807, 2.05) is 23.5 Å². The first-order valence-electron chi connectivity index (χ1n) is 4.45. The van der Waals surface area contributed by atoms with Crippen molar-refractivity contribution in [3.63, 3.8) is 0 Å². The molecule has 0 N–H and O–H groups in total. The number of hydrogen-bond acceptors (Lipinski definition) is 2. The van der Waals surface area contributed by atoms with Gasteiger partial charge in [-0.05, 0) is 28.4 Å².